The van der Waals surface area contributed by atoms with Gasteiger partial charge in [-0.05, 0) is 25.3 Å². The number of hydrogen-bond donors (Lipinski definition) is 1. The van der Waals surface area contributed by atoms with Gasteiger partial charge in [-0.1, -0.05) is 37.3 Å². The Morgan fingerprint density at radius 2 is 2.04 bits per heavy atom. The molecule has 25 heavy (non-hydrogen) atoms. The van der Waals surface area contributed by atoms with Gasteiger partial charge in [-0.25, -0.2) is 4.79 Å². The molecule has 1 saturated heterocycles. The molecule has 3 rings (SSSR count). The fourth-order valence-electron chi connectivity index (χ4n) is 3.51. The van der Waals surface area contributed by atoms with Crippen molar-refractivity contribution in [1.29, 1.82) is 0 Å². The van der Waals surface area contributed by atoms with Gasteiger partial charge < -0.3 is 15.0 Å². The zero-order valence-corrected chi connectivity index (χ0v) is 15.3. The highest BCUT2D eigenvalue weighted by molar-refractivity contribution is 5.91. The number of aromatic nitrogens is 2. The first-order valence-corrected chi connectivity index (χ1v) is 8.68. The molecule has 6 heteroatoms. The normalized spacial score (nSPS) is 19.6. The number of benzene rings is 1. The third-order valence-electron chi connectivity index (χ3n) is 4.88. The highest BCUT2D eigenvalue weighted by Crippen LogP contribution is 2.38. The molecule has 1 fully saturated rings. The Kier molecular flexibility index (Phi) is 5.08. The zero-order chi connectivity index (χ0) is 18.0. The summed E-state index contributed by atoms with van der Waals surface area (Å²) in [4.78, 5) is 14.7. The first-order chi connectivity index (χ1) is 12.0. The number of nitrogens with one attached hydrogen (secondary N) is 1. The van der Waals surface area contributed by atoms with Crippen LogP contribution in [0.5, 0.6) is 0 Å². The minimum Gasteiger partial charge on any atom is -0.383 e. The van der Waals surface area contributed by atoms with Crippen molar-refractivity contribution in [2.24, 2.45) is 5.92 Å². The van der Waals surface area contributed by atoms with Gasteiger partial charge in [0.15, 0.2) is 0 Å². The molecule has 0 aliphatic carbocycles. The van der Waals surface area contributed by atoms with E-state index in [1.165, 1.54) is 5.56 Å². The first kappa shape index (κ1) is 17.5. The van der Waals surface area contributed by atoms with Crippen LogP contribution in [0.15, 0.2) is 30.3 Å². The molecule has 0 saturated carbocycles. The summed E-state index contributed by atoms with van der Waals surface area (Å²) in [5.41, 5.74) is 3.76. The maximum absolute atomic E-state index is 12.8. The molecule has 134 valence electrons. The van der Waals surface area contributed by atoms with E-state index >= 15 is 0 Å². The molecule has 1 aromatic heterocycles. The Morgan fingerprint density at radius 1 is 1.32 bits per heavy atom. The van der Waals surface area contributed by atoms with E-state index in [-0.39, 0.29) is 12.1 Å². The fraction of sp³-hybridized carbons (Fsp3) is 0.474. The van der Waals surface area contributed by atoms with Crippen LogP contribution in [0.4, 0.5) is 10.5 Å². The molecule has 2 aromatic rings. The van der Waals surface area contributed by atoms with Crippen molar-refractivity contribution in [3.63, 3.8) is 0 Å². The van der Waals surface area contributed by atoms with Crippen LogP contribution in [0.3, 0.4) is 0 Å². The van der Waals surface area contributed by atoms with Crippen molar-refractivity contribution in [2.75, 3.05) is 25.6 Å². The first-order valence-electron chi connectivity index (χ1n) is 8.68. The molecule has 1 N–H and O–H groups in total. The largest absolute Gasteiger partial charge is 0.383 e. The Balaban J connectivity index is 1.73. The van der Waals surface area contributed by atoms with E-state index in [0.717, 1.165) is 23.6 Å². The predicted octanol–water partition coefficient (Wildman–Crippen LogP) is 3.37. The van der Waals surface area contributed by atoms with Crippen molar-refractivity contribution in [3.05, 3.63) is 47.3 Å². The molecule has 2 unspecified atom stereocenters. The van der Waals surface area contributed by atoms with Crippen LogP contribution in [0.2, 0.25) is 0 Å². The molecule has 0 radical (unpaired) electrons. The van der Waals surface area contributed by atoms with E-state index in [4.69, 9.17) is 4.74 Å². The van der Waals surface area contributed by atoms with E-state index in [2.05, 4.69) is 29.5 Å². The number of hydrogen-bond acceptors (Lipinski definition) is 3. The molecule has 1 aromatic carbocycles. The van der Waals surface area contributed by atoms with Gasteiger partial charge in [0.1, 0.15) is 0 Å². The van der Waals surface area contributed by atoms with E-state index in [9.17, 15) is 4.79 Å². The van der Waals surface area contributed by atoms with E-state index in [0.29, 0.717) is 19.1 Å². The monoisotopic (exact) mass is 342 g/mol. The lowest BCUT2D eigenvalue weighted by Gasteiger charge is -2.46. The molecule has 1 aliphatic heterocycles. The summed E-state index contributed by atoms with van der Waals surface area (Å²) in [5.74, 6) is 0.458. The third kappa shape index (κ3) is 3.39. The van der Waals surface area contributed by atoms with Crippen LogP contribution in [0.1, 0.15) is 29.9 Å². The second kappa shape index (κ2) is 7.27. The smallest absolute Gasteiger partial charge is 0.322 e. The summed E-state index contributed by atoms with van der Waals surface area (Å²) < 4.78 is 6.99. The molecule has 0 spiro atoms. The lowest BCUT2D eigenvalue weighted by molar-refractivity contribution is 0.0671. The standard InChI is InChI=1S/C19H26N4O2/c1-13-12-22(18(13)16-8-6-5-7-9-16)19(24)20-17-14(2)21-23(15(17)3)10-11-25-4/h5-9,13,18H,10-12H2,1-4H3,(H,20,24). The van der Waals surface area contributed by atoms with Crippen LogP contribution >= 0.6 is 0 Å². The van der Waals surface area contributed by atoms with Crippen LogP contribution in [0.25, 0.3) is 0 Å². The van der Waals surface area contributed by atoms with Gasteiger partial charge in [0.05, 0.1) is 36.3 Å². The summed E-state index contributed by atoms with van der Waals surface area (Å²) in [6.07, 6.45) is 0. The number of rotatable bonds is 5. The van der Waals surface area contributed by atoms with E-state index in [1.54, 1.807) is 7.11 Å². The number of carbonyl (C=O) groups excluding carboxylic acids is 1. The molecule has 2 heterocycles. The van der Waals surface area contributed by atoms with Gasteiger partial charge in [0, 0.05) is 13.7 Å². The SMILES string of the molecule is COCCn1nc(C)c(NC(=O)N2CC(C)C2c2ccccc2)c1C. The number of aryl methyl sites for hydroxylation is 1. The van der Waals surface area contributed by atoms with Crippen molar-refractivity contribution < 1.29 is 9.53 Å². The number of amides is 2. The van der Waals surface area contributed by atoms with Crippen molar-refractivity contribution in [1.82, 2.24) is 14.7 Å². The molecule has 6 nitrogen and oxygen atoms in total. The van der Waals surface area contributed by atoms with Gasteiger partial charge >= 0.3 is 6.03 Å². The molecule has 2 atom stereocenters. The number of anilines is 1. The van der Waals surface area contributed by atoms with Crippen molar-refractivity contribution >= 4 is 11.7 Å². The van der Waals surface area contributed by atoms with Gasteiger partial charge in [0.2, 0.25) is 0 Å². The zero-order valence-electron chi connectivity index (χ0n) is 15.3. The van der Waals surface area contributed by atoms with E-state index < -0.39 is 0 Å². The second-order valence-corrected chi connectivity index (χ2v) is 6.68. The van der Waals surface area contributed by atoms with Gasteiger partial charge in [-0.3, -0.25) is 4.68 Å². The van der Waals surface area contributed by atoms with Crippen LogP contribution in [-0.2, 0) is 11.3 Å². The minimum absolute atomic E-state index is 0.0653. The molecule has 2 amide bonds. The van der Waals surface area contributed by atoms with Crippen molar-refractivity contribution in [2.45, 2.75) is 33.4 Å². The maximum Gasteiger partial charge on any atom is 0.322 e. The van der Waals surface area contributed by atoms with Gasteiger partial charge in [0.25, 0.3) is 0 Å². The Hall–Kier alpha value is -2.34. The molecule has 0 bridgehead atoms. The van der Waals surface area contributed by atoms with Gasteiger partial charge in [-0.2, -0.15) is 5.10 Å². The Bertz CT molecular complexity index is 741. The number of nitrogens with zero attached hydrogens (tertiary/aromatic N) is 3. The Morgan fingerprint density at radius 3 is 2.68 bits per heavy atom. The Labute approximate surface area is 148 Å². The summed E-state index contributed by atoms with van der Waals surface area (Å²) in [5, 5.41) is 7.56. The lowest BCUT2D eigenvalue weighted by Crippen LogP contribution is -2.53. The quantitative estimate of drug-likeness (QED) is 0.906. The van der Waals surface area contributed by atoms with E-state index in [1.807, 2.05) is 41.6 Å². The third-order valence-corrected chi connectivity index (χ3v) is 4.88. The van der Waals surface area contributed by atoms with Crippen LogP contribution < -0.4 is 5.32 Å². The molecular weight excluding hydrogens is 316 g/mol. The number of likely N-dealkylation sites (tertiary alicyclic amines) is 1. The average Bonchev–Trinajstić information content (AvgIpc) is 2.86. The minimum atomic E-state index is -0.0653. The van der Waals surface area contributed by atoms with Gasteiger partial charge in [-0.15, -0.1) is 0 Å². The second-order valence-electron chi connectivity index (χ2n) is 6.68. The number of methoxy groups -OCH3 is 1. The van der Waals surface area contributed by atoms with Crippen molar-refractivity contribution in [3.8, 4) is 0 Å². The maximum atomic E-state index is 12.8. The number of ether oxygens (including phenoxy) is 1. The lowest BCUT2D eigenvalue weighted by atomic mass is 9.85. The number of carbonyl (C=O) groups is 1. The topological polar surface area (TPSA) is 59.4 Å². The summed E-state index contributed by atoms with van der Waals surface area (Å²) >= 11 is 0. The highest BCUT2D eigenvalue weighted by Gasteiger charge is 2.40. The highest BCUT2D eigenvalue weighted by atomic mass is 16.5. The van der Waals surface area contributed by atoms with Crippen LogP contribution in [-0.4, -0.2) is 41.0 Å². The van der Waals surface area contributed by atoms with Crippen LogP contribution in [0, 0.1) is 19.8 Å². The molecule has 1 aliphatic rings. The summed E-state index contributed by atoms with van der Waals surface area (Å²) in [7, 11) is 1.67. The summed E-state index contributed by atoms with van der Waals surface area (Å²) in [6.45, 7) is 8.10. The predicted molar refractivity (Wildman–Crippen MR) is 97.6 cm³/mol. The fourth-order valence-corrected chi connectivity index (χ4v) is 3.51. The summed E-state index contributed by atoms with van der Waals surface area (Å²) in [6, 6.07) is 10.3. The molecular formula is C19H26N4O2. The number of urea groups is 1. The average molecular weight is 342 g/mol.